The normalized spacial score (nSPS) is 27.6. The molecule has 2 aliphatic carbocycles. The Hall–Kier alpha value is -2.48. The number of nitrogens with one attached hydrogen (secondary N) is 2. The van der Waals surface area contributed by atoms with Crippen LogP contribution in [-0.2, 0) is 20.4 Å². The number of carbonyl (C=O) groups excluding carboxylic acids is 2. The lowest BCUT2D eigenvalue weighted by Gasteiger charge is -2.17. The summed E-state index contributed by atoms with van der Waals surface area (Å²) in [5, 5.41) is 6.39. The molecule has 166 valence electrons. The molecule has 1 aliphatic heterocycles. The van der Waals surface area contributed by atoms with Gasteiger partial charge < -0.3 is 10.6 Å². The fourth-order valence-corrected chi connectivity index (χ4v) is 5.88. The Balaban J connectivity index is 1.23. The van der Waals surface area contributed by atoms with Gasteiger partial charge in [0.2, 0.25) is 11.8 Å². The number of imide groups is 1. The van der Waals surface area contributed by atoms with Gasteiger partial charge in [0, 0.05) is 36.8 Å². The van der Waals surface area contributed by atoms with Crippen LogP contribution in [0.5, 0.6) is 0 Å². The number of guanidine groups is 1. The number of aliphatic imine (C=N–C) groups is 1. The van der Waals surface area contributed by atoms with Crippen molar-refractivity contribution in [3.05, 3.63) is 42.5 Å². The quantitative estimate of drug-likeness (QED) is 0.199. The van der Waals surface area contributed by atoms with E-state index in [9.17, 15) is 13.8 Å². The third kappa shape index (κ3) is 4.59. The highest BCUT2D eigenvalue weighted by atomic mass is 32.2. The molecule has 0 aromatic heterocycles. The number of nitrogens with zero attached hydrogens (tertiary/aromatic N) is 2. The molecular weight excluding hydrogens is 412 g/mol. The third-order valence-electron chi connectivity index (χ3n) is 6.30. The first-order chi connectivity index (χ1) is 15.1. The monoisotopic (exact) mass is 442 g/mol. The Morgan fingerprint density at radius 3 is 2.42 bits per heavy atom. The van der Waals surface area contributed by atoms with Crippen LogP contribution < -0.4 is 10.6 Å². The van der Waals surface area contributed by atoms with Gasteiger partial charge in [-0.2, -0.15) is 0 Å². The minimum absolute atomic E-state index is 0.00394. The van der Waals surface area contributed by atoms with Crippen LogP contribution in [0.1, 0.15) is 19.8 Å². The van der Waals surface area contributed by atoms with Gasteiger partial charge in [0.15, 0.2) is 5.96 Å². The van der Waals surface area contributed by atoms with Gasteiger partial charge in [-0.15, -0.1) is 0 Å². The second kappa shape index (κ2) is 9.77. The van der Waals surface area contributed by atoms with Crippen LogP contribution in [0.3, 0.4) is 0 Å². The van der Waals surface area contributed by atoms with Crippen LogP contribution in [0.2, 0.25) is 0 Å². The molecular formula is C23H30N4O3S. The number of rotatable bonds is 9. The van der Waals surface area contributed by atoms with Crippen molar-refractivity contribution < 1.29 is 13.8 Å². The van der Waals surface area contributed by atoms with Gasteiger partial charge in [0.25, 0.3) is 0 Å². The van der Waals surface area contributed by atoms with Gasteiger partial charge in [0.1, 0.15) is 0 Å². The summed E-state index contributed by atoms with van der Waals surface area (Å²) in [7, 11) is -1.06. The van der Waals surface area contributed by atoms with Crippen LogP contribution in [0, 0.1) is 23.7 Å². The zero-order valence-corrected chi connectivity index (χ0v) is 18.6. The lowest BCUT2D eigenvalue weighted by molar-refractivity contribution is -0.140. The van der Waals surface area contributed by atoms with E-state index in [0.717, 1.165) is 17.9 Å². The van der Waals surface area contributed by atoms with Crippen LogP contribution in [-0.4, -0.2) is 58.8 Å². The highest BCUT2D eigenvalue weighted by Gasteiger charge is 2.58. The van der Waals surface area contributed by atoms with Crippen LogP contribution >= 0.6 is 0 Å². The molecule has 2 N–H and O–H groups in total. The molecule has 1 saturated carbocycles. The van der Waals surface area contributed by atoms with Crippen molar-refractivity contribution in [1.29, 1.82) is 0 Å². The van der Waals surface area contributed by atoms with Crippen molar-refractivity contribution in [1.82, 2.24) is 15.5 Å². The van der Waals surface area contributed by atoms with E-state index in [4.69, 9.17) is 0 Å². The maximum Gasteiger partial charge on any atom is 0.233 e. The molecule has 0 radical (unpaired) electrons. The second-order valence-electron chi connectivity index (χ2n) is 8.23. The van der Waals surface area contributed by atoms with Crippen molar-refractivity contribution in [2.75, 3.05) is 31.9 Å². The summed E-state index contributed by atoms with van der Waals surface area (Å²) in [5.41, 5.74) is 0. The molecule has 31 heavy (non-hydrogen) atoms. The average molecular weight is 443 g/mol. The van der Waals surface area contributed by atoms with Crippen LogP contribution in [0.4, 0.5) is 0 Å². The lowest BCUT2D eigenvalue weighted by Crippen LogP contribution is -2.39. The average Bonchev–Trinajstić information content (AvgIpc) is 3.46. The molecule has 2 fully saturated rings. The summed E-state index contributed by atoms with van der Waals surface area (Å²) in [6.45, 7) is 4.17. The molecule has 2 amide bonds. The van der Waals surface area contributed by atoms with Crippen LogP contribution in [0.25, 0.3) is 0 Å². The predicted molar refractivity (Wildman–Crippen MR) is 121 cm³/mol. The van der Waals surface area contributed by atoms with Gasteiger partial charge in [-0.25, -0.2) is 0 Å². The summed E-state index contributed by atoms with van der Waals surface area (Å²) >= 11 is 0. The van der Waals surface area contributed by atoms with Gasteiger partial charge in [-0.3, -0.25) is 23.7 Å². The largest absolute Gasteiger partial charge is 0.357 e. The Kier molecular flexibility index (Phi) is 6.85. The number of amides is 2. The zero-order chi connectivity index (χ0) is 21.8. The molecule has 7 nitrogen and oxygen atoms in total. The summed E-state index contributed by atoms with van der Waals surface area (Å²) in [6, 6.07) is 9.41. The van der Waals surface area contributed by atoms with Crippen molar-refractivity contribution in [3.63, 3.8) is 0 Å². The lowest BCUT2D eigenvalue weighted by atomic mass is 9.85. The van der Waals surface area contributed by atoms with E-state index in [-0.39, 0.29) is 35.5 Å². The fourth-order valence-electron chi connectivity index (χ4n) is 4.90. The van der Waals surface area contributed by atoms with E-state index in [1.54, 1.807) is 0 Å². The molecule has 8 heteroatoms. The third-order valence-corrected chi connectivity index (χ3v) is 7.67. The Bertz CT molecular complexity index is 871. The van der Waals surface area contributed by atoms with Gasteiger partial charge >= 0.3 is 0 Å². The van der Waals surface area contributed by atoms with Crippen molar-refractivity contribution in [2.45, 2.75) is 24.7 Å². The maximum atomic E-state index is 12.7. The molecule has 5 unspecified atom stereocenters. The molecule has 5 atom stereocenters. The Morgan fingerprint density at radius 2 is 1.77 bits per heavy atom. The van der Waals surface area contributed by atoms with Crippen LogP contribution in [0.15, 0.2) is 52.4 Å². The number of fused-ring (bicyclic) bond motifs is 5. The molecule has 0 spiro atoms. The van der Waals surface area contributed by atoms with E-state index in [0.29, 0.717) is 37.8 Å². The van der Waals surface area contributed by atoms with E-state index < -0.39 is 10.8 Å². The molecule has 2 bridgehead atoms. The number of hydrogen-bond acceptors (Lipinski definition) is 4. The maximum absolute atomic E-state index is 12.7. The predicted octanol–water partition coefficient (Wildman–Crippen LogP) is 1.55. The smallest absolute Gasteiger partial charge is 0.233 e. The van der Waals surface area contributed by atoms with Crippen molar-refractivity contribution >= 4 is 28.6 Å². The number of benzene rings is 1. The number of allylic oxidation sites excluding steroid dienone is 2. The van der Waals surface area contributed by atoms with Crippen molar-refractivity contribution in [3.8, 4) is 0 Å². The van der Waals surface area contributed by atoms with Gasteiger partial charge in [-0.05, 0) is 43.7 Å². The second-order valence-corrected chi connectivity index (χ2v) is 9.80. The first-order valence-electron chi connectivity index (χ1n) is 11.1. The first-order valence-corrected chi connectivity index (χ1v) is 12.4. The Labute approximate surface area is 185 Å². The summed E-state index contributed by atoms with van der Waals surface area (Å²) in [4.78, 5) is 32.3. The standard InChI is InChI=1S/C23H30N4O3S/c1-2-24-23(26-12-14-31(30)18-7-4-3-5-8-18)25-11-6-13-27-21(28)19-16-9-10-17(15-16)20(19)22(27)29/h3-5,7-10,16-17,19-20H,2,6,11-15H2,1H3,(H2,24,25,26). The highest BCUT2D eigenvalue weighted by Crippen LogP contribution is 2.52. The molecule has 1 aromatic carbocycles. The highest BCUT2D eigenvalue weighted by molar-refractivity contribution is 7.85. The number of carbonyl (C=O) groups is 2. The molecule has 4 rings (SSSR count). The van der Waals surface area contributed by atoms with Gasteiger partial charge in [-0.1, -0.05) is 30.4 Å². The summed E-state index contributed by atoms with van der Waals surface area (Å²) in [6.07, 6.45) is 5.82. The zero-order valence-electron chi connectivity index (χ0n) is 17.8. The molecule has 3 aliphatic rings. The minimum atomic E-state index is -1.06. The van der Waals surface area contributed by atoms with E-state index >= 15 is 0 Å². The SMILES string of the molecule is CCNC(=NCCCN1C(=O)C2C3C=CC(C3)C2C1=O)NCCS(=O)c1ccccc1. The fraction of sp³-hybridized carbons (Fsp3) is 0.522. The van der Waals surface area contributed by atoms with Crippen molar-refractivity contribution in [2.24, 2.45) is 28.7 Å². The van der Waals surface area contributed by atoms with Gasteiger partial charge in [0.05, 0.1) is 22.6 Å². The number of hydrogen-bond donors (Lipinski definition) is 2. The van der Waals surface area contributed by atoms with E-state index in [2.05, 4.69) is 27.8 Å². The summed E-state index contributed by atoms with van der Waals surface area (Å²) < 4.78 is 12.3. The van der Waals surface area contributed by atoms with E-state index in [1.165, 1.54) is 4.90 Å². The topological polar surface area (TPSA) is 90.9 Å². The minimum Gasteiger partial charge on any atom is -0.357 e. The molecule has 1 heterocycles. The molecule has 1 aromatic rings. The summed E-state index contributed by atoms with van der Waals surface area (Å²) in [5.74, 6) is 1.40. The molecule has 1 saturated heterocycles. The van der Waals surface area contributed by atoms with E-state index in [1.807, 2.05) is 37.3 Å². The Morgan fingerprint density at radius 1 is 1.10 bits per heavy atom. The number of likely N-dealkylation sites (tertiary alicyclic amines) is 1. The first kappa shape index (κ1) is 21.7.